The molecule has 2 atom stereocenters. The highest BCUT2D eigenvalue weighted by Crippen LogP contribution is 2.41. The molecule has 0 aliphatic carbocycles. The number of amides is 1. The number of carbonyl (C=O) groups is 2. The number of hydrogen-bond donors (Lipinski definition) is 0. The summed E-state index contributed by atoms with van der Waals surface area (Å²) < 4.78 is 5.01. The summed E-state index contributed by atoms with van der Waals surface area (Å²) in [5.74, 6) is 1.50. The van der Waals surface area contributed by atoms with Gasteiger partial charge < -0.3 is 9.64 Å². The molecule has 0 aromatic heterocycles. The van der Waals surface area contributed by atoms with E-state index in [2.05, 4.69) is 5.92 Å². The van der Waals surface area contributed by atoms with Gasteiger partial charge in [-0.1, -0.05) is 12.1 Å². The molecule has 0 bridgehead atoms. The maximum absolute atomic E-state index is 12.1. The summed E-state index contributed by atoms with van der Waals surface area (Å²) in [6.07, 6.45) is 5.23. The van der Waals surface area contributed by atoms with Crippen molar-refractivity contribution in [3.8, 4) is 18.4 Å². The lowest BCUT2D eigenvalue weighted by atomic mass is 10.1. The Kier molecular flexibility index (Phi) is 5.08. The largest absolute Gasteiger partial charge is 0.464 e. The molecule has 22 heavy (non-hydrogen) atoms. The van der Waals surface area contributed by atoms with Crippen LogP contribution in [0.4, 0.5) is 0 Å². The van der Waals surface area contributed by atoms with Gasteiger partial charge in [-0.2, -0.15) is 5.26 Å². The van der Waals surface area contributed by atoms with Crippen LogP contribution in [0.25, 0.3) is 0 Å². The molecule has 1 aromatic carbocycles. The summed E-state index contributed by atoms with van der Waals surface area (Å²) in [7, 11) is 0. The second-order valence-electron chi connectivity index (χ2n) is 4.54. The van der Waals surface area contributed by atoms with Gasteiger partial charge >= 0.3 is 5.97 Å². The monoisotopic (exact) mass is 314 g/mol. The number of benzene rings is 1. The number of thioether (sulfide) groups is 1. The molecule has 0 N–H and O–H groups in total. The van der Waals surface area contributed by atoms with E-state index in [9.17, 15) is 9.59 Å². The van der Waals surface area contributed by atoms with Gasteiger partial charge in [0.05, 0.1) is 18.2 Å². The van der Waals surface area contributed by atoms with Crippen LogP contribution in [0.2, 0.25) is 0 Å². The molecule has 1 saturated heterocycles. The van der Waals surface area contributed by atoms with E-state index in [4.69, 9.17) is 16.4 Å². The summed E-state index contributed by atoms with van der Waals surface area (Å²) in [5, 5.41) is 8.48. The highest BCUT2D eigenvalue weighted by Gasteiger charge is 2.42. The smallest absolute Gasteiger partial charge is 0.329 e. The average molecular weight is 314 g/mol. The van der Waals surface area contributed by atoms with Crippen molar-refractivity contribution in [2.75, 3.05) is 12.4 Å². The fraction of sp³-hybridized carbons (Fsp3) is 0.312. The number of nitrogens with zero attached hydrogens (tertiary/aromatic N) is 2. The van der Waals surface area contributed by atoms with Gasteiger partial charge in [0.2, 0.25) is 0 Å². The van der Waals surface area contributed by atoms with Gasteiger partial charge in [0.25, 0.3) is 5.91 Å². The first-order chi connectivity index (χ1) is 10.6. The van der Waals surface area contributed by atoms with Gasteiger partial charge in [-0.3, -0.25) is 4.79 Å². The maximum Gasteiger partial charge on any atom is 0.329 e. The number of esters is 1. The van der Waals surface area contributed by atoms with E-state index in [1.54, 1.807) is 31.2 Å². The molecule has 1 aliphatic rings. The van der Waals surface area contributed by atoms with Gasteiger partial charge in [-0.15, -0.1) is 18.2 Å². The summed E-state index contributed by atoms with van der Waals surface area (Å²) in [6, 6.07) is 8.23. The number of carbonyl (C=O) groups excluding carboxylic acids is 2. The molecule has 112 valence electrons. The van der Waals surface area contributed by atoms with E-state index in [1.165, 1.54) is 16.7 Å². The lowest BCUT2D eigenvalue weighted by molar-refractivity contribution is -0.152. The molecule has 1 fully saturated rings. The predicted molar refractivity (Wildman–Crippen MR) is 82.5 cm³/mol. The van der Waals surface area contributed by atoms with Crippen molar-refractivity contribution < 1.29 is 14.3 Å². The van der Waals surface area contributed by atoms with Gasteiger partial charge in [-0.25, -0.2) is 4.79 Å². The van der Waals surface area contributed by atoms with E-state index >= 15 is 0 Å². The molecule has 1 unspecified atom stereocenters. The lowest BCUT2D eigenvalue weighted by Gasteiger charge is -2.26. The van der Waals surface area contributed by atoms with E-state index in [0.29, 0.717) is 11.3 Å². The fourth-order valence-electron chi connectivity index (χ4n) is 2.23. The SMILES string of the molecule is C#CC(=O)N1C(c2ccc(C#N)cc2)SC[C@@H]1C(=O)OCC. The van der Waals surface area contributed by atoms with E-state index in [1.807, 2.05) is 6.07 Å². The zero-order valence-electron chi connectivity index (χ0n) is 12.0. The Bertz CT molecular complexity index is 657. The van der Waals surface area contributed by atoms with Crippen LogP contribution in [0, 0.1) is 23.7 Å². The predicted octanol–water partition coefficient (Wildman–Crippen LogP) is 1.70. The molecule has 2 rings (SSSR count). The van der Waals surface area contributed by atoms with E-state index < -0.39 is 17.9 Å². The van der Waals surface area contributed by atoms with Crippen LogP contribution >= 0.6 is 11.8 Å². The minimum absolute atomic E-state index is 0.250. The zero-order chi connectivity index (χ0) is 16.1. The Labute approximate surface area is 133 Å². The minimum Gasteiger partial charge on any atom is -0.464 e. The van der Waals surface area contributed by atoms with Crippen LogP contribution in [0.1, 0.15) is 23.4 Å². The van der Waals surface area contributed by atoms with Crippen LogP contribution in [0.15, 0.2) is 24.3 Å². The Morgan fingerprint density at radius 2 is 2.14 bits per heavy atom. The van der Waals surface area contributed by atoms with Crippen LogP contribution in [-0.2, 0) is 14.3 Å². The van der Waals surface area contributed by atoms with Crippen molar-refractivity contribution in [2.45, 2.75) is 18.3 Å². The van der Waals surface area contributed by atoms with Gasteiger partial charge in [0, 0.05) is 5.75 Å². The second kappa shape index (κ2) is 7.02. The van der Waals surface area contributed by atoms with Crippen LogP contribution in [0.5, 0.6) is 0 Å². The van der Waals surface area contributed by atoms with E-state index in [-0.39, 0.29) is 12.0 Å². The quantitative estimate of drug-likeness (QED) is 0.627. The number of ether oxygens (including phenoxy) is 1. The fourth-order valence-corrected chi connectivity index (χ4v) is 3.64. The molecule has 1 amide bonds. The number of terminal acetylenes is 1. The van der Waals surface area contributed by atoms with Crippen molar-refractivity contribution in [2.24, 2.45) is 0 Å². The first-order valence-electron chi connectivity index (χ1n) is 6.69. The molecule has 0 saturated carbocycles. The third kappa shape index (κ3) is 3.08. The third-order valence-electron chi connectivity index (χ3n) is 3.24. The minimum atomic E-state index is -0.686. The van der Waals surface area contributed by atoms with Gasteiger partial charge in [0.15, 0.2) is 0 Å². The topological polar surface area (TPSA) is 70.4 Å². The van der Waals surface area contributed by atoms with Crippen molar-refractivity contribution in [3.63, 3.8) is 0 Å². The van der Waals surface area contributed by atoms with Gasteiger partial charge in [0.1, 0.15) is 11.4 Å². The zero-order valence-corrected chi connectivity index (χ0v) is 12.8. The van der Waals surface area contributed by atoms with Gasteiger partial charge in [-0.05, 0) is 30.5 Å². The number of hydrogen-bond acceptors (Lipinski definition) is 5. The third-order valence-corrected chi connectivity index (χ3v) is 4.57. The van der Waals surface area contributed by atoms with Crippen molar-refractivity contribution in [3.05, 3.63) is 35.4 Å². The Hall–Kier alpha value is -2.44. The van der Waals surface area contributed by atoms with Crippen LogP contribution in [-0.4, -0.2) is 35.2 Å². The average Bonchev–Trinajstić information content (AvgIpc) is 2.99. The number of rotatable bonds is 3. The maximum atomic E-state index is 12.1. The van der Waals surface area contributed by atoms with Crippen molar-refractivity contribution in [1.29, 1.82) is 5.26 Å². The standard InChI is InChI=1S/C16H14N2O3S/c1-3-14(19)18-13(16(20)21-4-2)10-22-15(18)12-7-5-11(9-17)6-8-12/h1,5-8,13,15H,4,10H2,2H3/t13-,15?/m1/s1. The van der Waals surface area contributed by atoms with E-state index in [0.717, 1.165) is 5.56 Å². The van der Waals surface area contributed by atoms with Crippen molar-refractivity contribution in [1.82, 2.24) is 4.90 Å². The Balaban J connectivity index is 2.30. The highest BCUT2D eigenvalue weighted by molar-refractivity contribution is 7.99. The molecule has 1 heterocycles. The molecule has 1 aromatic rings. The molecule has 1 aliphatic heterocycles. The summed E-state index contributed by atoms with van der Waals surface area (Å²) in [5.41, 5.74) is 1.35. The normalized spacial score (nSPS) is 20.0. The molecular weight excluding hydrogens is 300 g/mol. The highest BCUT2D eigenvalue weighted by atomic mass is 32.2. The van der Waals surface area contributed by atoms with Crippen LogP contribution in [0.3, 0.4) is 0 Å². The molecule has 0 spiro atoms. The first-order valence-corrected chi connectivity index (χ1v) is 7.74. The summed E-state index contributed by atoms with van der Waals surface area (Å²) >= 11 is 1.45. The Morgan fingerprint density at radius 1 is 1.45 bits per heavy atom. The Morgan fingerprint density at radius 3 is 2.68 bits per heavy atom. The lowest BCUT2D eigenvalue weighted by Crippen LogP contribution is -2.43. The summed E-state index contributed by atoms with van der Waals surface area (Å²) in [4.78, 5) is 25.4. The van der Waals surface area contributed by atoms with Crippen molar-refractivity contribution >= 4 is 23.6 Å². The molecular formula is C16H14N2O3S. The number of nitriles is 1. The molecule has 0 radical (unpaired) electrons. The van der Waals surface area contributed by atoms with Crippen LogP contribution < -0.4 is 0 Å². The first kappa shape index (κ1) is 15.9. The summed E-state index contributed by atoms with van der Waals surface area (Å²) in [6.45, 7) is 1.96. The molecule has 5 nitrogen and oxygen atoms in total. The molecule has 6 heteroatoms. The second-order valence-corrected chi connectivity index (χ2v) is 5.66.